The maximum atomic E-state index is 13.7. The monoisotopic (exact) mass is 344 g/mol. The zero-order chi connectivity index (χ0) is 17.9. The number of aromatic nitrogens is 2. The molecule has 25 heavy (non-hydrogen) atoms. The molecule has 3 nitrogen and oxygen atoms in total. The molecule has 1 atom stereocenters. The van der Waals surface area contributed by atoms with E-state index >= 15 is 0 Å². The van der Waals surface area contributed by atoms with E-state index in [9.17, 15) is 13.2 Å². The number of rotatable bonds is 4. The second kappa shape index (κ2) is 6.93. The number of benzene rings is 2. The summed E-state index contributed by atoms with van der Waals surface area (Å²) in [5.41, 5.74) is 2.13. The summed E-state index contributed by atoms with van der Waals surface area (Å²) >= 11 is 0. The van der Waals surface area contributed by atoms with Gasteiger partial charge in [-0.1, -0.05) is 48.5 Å². The Kier molecular flexibility index (Phi) is 4.70. The van der Waals surface area contributed by atoms with Crippen molar-refractivity contribution in [3.05, 3.63) is 78.2 Å². The zero-order valence-electron chi connectivity index (χ0n) is 13.4. The first kappa shape index (κ1) is 17.0. The lowest BCUT2D eigenvalue weighted by atomic mass is 9.93. The van der Waals surface area contributed by atoms with E-state index in [0.717, 1.165) is 17.3 Å². The predicted molar refractivity (Wildman–Crippen MR) is 88.1 cm³/mol. The smallest absolute Gasteiger partial charge is 0.429 e. The molecular weight excluding hydrogens is 329 g/mol. The molecule has 0 aliphatic carbocycles. The first-order valence-electron chi connectivity index (χ1n) is 7.61. The van der Waals surface area contributed by atoms with Gasteiger partial charge in [0.1, 0.15) is 0 Å². The quantitative estimate of drug-likeness (QED) is 0.658. The van der Waals surface area contributed by atoms with Gasteiger partial charge in [-0.3, -0.25) is 4.98 Å². The standard InChI is InChI=1S/C19H15F3N2O/c1-13-6-2-3-7-14(13)15-8-4-5-9-16(15)18(19(20,21)22)25-17-12-23-10-11-24-17/h2-12,18H,1H3. The summed E-state index contributed by atoms with van der Waals surface area (Å²) in [4.78, 5) is 7.55. The molecule has 0 fully saturated rings. The Morgan fingerprint density at radius 3 is 2.24 bits per heavy atom. The molecule has 0 bridgehead atoms. The van der Waals surface area contributed by atoms with E-state index in [-0.39, 0.29) is 11.4 Å². The second-order valence-electron chi connectivity index (χ2n) is 5.49. The van der Waals surface area contributed by atoms with Gasteiger partial charge in [0.2, 0.25) is 12.0 Å². The van der Waals surface area contributed by atoms with Crippen LogP contribution in [-0.4, -0.2) is 16.1 Å². The van der Waals surface area contributed by atoms with Crippen LogP contribution in [0.4, 0.5) is 13.2 Å². The van der Waals surface area contributed by atoms with Gasteiger partial charge in [0.05, 0.1) is 6.20 Å². The molecule has 0 amide bonds. The highest BCUT2D eigenvalue weighted by Gasteiger charge is 2.44. The number of ether oxygens (including phenoxy) is 1. The molecule has 6 heteroatoms. The van der Waals surface area contributed by atoms with Crippen LogP contribution in [0.2, 0.25) is 0 Å². The number of nitrogens with zero attached hydrogens (tertiary/aromatic N) is 2. The maximum Gasteiger partial charge on any atom is 0.429 e. The highest BCUT2D eigenvalue weighted by molar-refractivity contribution is 5.71. The van der Waals surface area contributed by atoms with E-state index in [1.54, 1.807) is 30.3 Å². The van der Waals surface area contributed by atoms with Gasteiger partial charge < -0.3 is 4.74 Å². The fourth-order valence-electron chi connectivity index (χ4n) is 2.62. The molecule has 0 N–H and O–H groups in total. The van der Waals surface area contributed by atoms with Crippen molar-refractivity contribution in [1.29, 1.82) is 0 Å². The highest BCUT2D eigenvalue weighted by Crippen LogP contribution is 2.41. The molecule has 1 aromatic heterocycles. The van der Waals surface area contributed by atoms with Crippen LogP contribution in [0, 0.1) is 6.92 Å². The maximum absolute atomic E-state index is 13.7. The number of hydrogen-bond donors (Lipinski definition) is 0. The Labute approximate surface area is 143 Å². The fraction of sp³-hybridized carbons (Fsp3) is 0.158. The lowest BCUT2D eigenvalue weighted by Gasteiger charge is -2.24. The van der Waals surface area contributed by atoms with Gasteiger partial charge in [-0.25, -0.2) is 4.98 Å². The average molecular weight is 344 g/mol. The van der Waals surface area contributed by atoms with Crippen molar-refractivity contribution < 1.29 is 17.9 Å². The third-order valence-corrected chi connectivity index (χ3v) is 3.75. The fourth-order valence-corrected chi connectivity index (χ4v) is 2.62. The molecule has 0 aliphatic heterocycles. The van der Waals surface area contributed by atoms with Crippen LogP contribution in [0.25, 0.3) is 11.1 Å². The molecule has 3 aromatic rings. The summed E-state index contributed by atoms with van der Waals surface area (Å²) in [6, 6.07) is 13.7. The number of hydrogen-bond acceptors (Lipinski definition) is 3. The van der Waals surface area contributed by atoms with Crippen molar-refractivity contribution in [2.45, 2.75) is 19.2 Å². The van der Waals surface area contributed by atoms with Crippen LogP contribution >= 0.6 is 0 Å². The van der Waals surface area contributed by atoms with Crippen LogP contribution in [0.5, 0.6) is 5.88 Å². The van der Waals surface area contributed by atoms with Crippen LogP contribution in [0.1, 0.15) is 17.2 Å². The summed E-state index contributed by atoms with van der Waals surface area (Å²) in [5, 5.41) is 0. The Hall–Kier alpha value is -2.89. The van der Waals surface area contributed by atoms with Crippen LogP contribution in [0.15, 0.2) is 67.1 Å². The van der Waals surface area contributed by atoms with Gasteiger partial charge >= 0.3 is 6.18 Å². The molecule has 1 unspecified atom stereocenters. The third-order valence-electron chi connectivity index (χ3n) is 3.75. The first-order valence-corrected chi connectivity index (χ1v) is 7.61. The summed E-state index contributed by atoms with van der Waals surface area (Å²) in [6.45, 7) is 1.86. The molecule has 0 aliphatic rings. The van der Waals surface area contributed by atoms with Crippen LogP contribution in [-0.2, 0) is 0 Å². The van der Waals surface area contributed by atoms with E-state index < -0.39 is 12.3 Å². The van der Waals surface area contributed by atoms with Gasteiger partial charge in [-0.15, -0.1) is 0 Å². The van der Waals surface area contributed by atoms with Crippen molar-refractivity contribution in [3.8, 4) is 17.0 Å². The zero-order valence-corrected chi connectivity index (χ0v) is 13.4. The SMILES string of the molecule is Cc1ccccc1-c1ccccc1C(Oc1cnccn1)C(F)(F)F. The van der Waals surface area contributed by atoms with Gasteiger partial charge in [0, 0.05) is 18.0 Å². The second-order valence-corrected chi connectivity index (χ2v) is 5.49. The summed E-state index contributed by atoms with van der Waals surface area (Å²) in [5.74, 6) is -0.176. The van der Waals surface area contributed by atoms with Crippen molar-refractivity contribution in [1.82, 2.24) is 9.97 Å². The minimum atomic E-state index is -4.60. The molecule has 128 valence electrons. The van der Waals surface area contributed by atoms with Crippen LogP contribution in [0.3, 0.4) is 0 Å². The normalized spacial score (nSPS) is 12.6. The molecule has 0 saturated carbocycles. The van der Waals surface area contributed by atoms with Crippen molar-refractivity contribution in [2.24, 2.45) is 0 Å². The van der Waals surface area contributed by atoms with Crippen LogP contribution < -0.4 is 4.74 Å². The molecule has 1 heterocycles. The van der Waals surface area contributed by atoms with Gasteiger partial charge in [0.15, 0.2) is 0 Å². The molecule has 2 aromatic carbocycles. The predicted octanol–water partition coefficient (Wildman–Crippen LogP) is 5.13. The number of halogens is 3. The first-order chi connectivity index (χ1) is 12.0. The lowest BCUT2D eigenvalue weighted by Crippen LogP contribution is -2.27. The molecular formula is C19H15F3N2O. The number of aryl methyl sites for hydroxylation is 1. The minimum absolute atomic E-state index is 0.0370. The van der Waals surface area contributed by atoms with Gasteiger partial charge in [-0.2, -0.15) is 13.2 Å². The van der Waals surface area contributed by atoms with E-state index in [1.165, 1.54) is 18.5 Å². The molecule has 0 radical (unpaired) electrons. The Bertz CT molecular complexity index is 851. The third kappa shape index (κ3) is 3.79. The Morgan fingerprint density at radius 2 is 1.60 bits per heavy atom. The summed E-state index contributed by atoms with van der Waals surface area (Å²) in [7, 11) is 0. The molecule has 3 rings (SSSR count). The molecule has 0 spiro atoms. The van der Waals surface area contributed by atoms with E-state index in [1.807, 2.05) is 19.1 Å². The summed E-state index contributed by atoms with van der Waals surface area (Å²) < 4.78 is 46.3. The highest BCUT2D eigenvalue weighted by atomic mass is 19.4. The largest absolute Gasteiger partial charge is 0.459 e. The van der Waals surface area contributed by atoms with Gasteiger partial charge in [-0.05, 0) is 23.6 Å². The number of alkyl halides is 3. The average Bonchev–Trinajstić information content (AvgIpc) is 2.60. The van der Waals surface area contributed by atoms with Gasteiger partial charge in [0.25, 0.3) is 0 Å². The Balaban J connectivity index is 2.10. The van der Waals surface area contributed by atoms with Crippen molar-refractivity contribution in [2.75, 3.05) is 0 Å². The lowest BCUT2D eigenvalue weighted by molar-refractivity contribution is -0.198. The topological polar surface area (TPSA) is 35.0 Å². The van der Waals surface area contributed by atoms with E-state index in [2.05, 4.69) is 9.97 Å². The van der Waals surface area contributed by atoms with Crippen molar-refractivity contribution >= 4 is 0 Å². The van der Waals surface area contributed by atoms with Crippen molar-refractivity contribution in [3.63, 3.8) is 0 Å². The van der Waals surface area contributed by atoms with E-state index in [0.29, 0.717) is 5.56 Å². The molecule has 0 saturated heterocycles. The summed E-state index contributed by atoms with van der Waals surface area (Å²) in [6.07, 6.45) is -2.92. The Morgan fingerprint density at radius 1 is 0.920 bits per heavy atom. The van der Waals surface area contributed by atoms with E-state index in [4.69, 9.17) is 4.74 Å². The minimum Gasteiger partial charge on any atom is -0.459 e.